The van der Waals surface area contributed by atoms with Crippen LogP contribution in [0.5, 0.6) is 0 Å². The number of hydrogen-bond donors (Lipinski definition) is 1. The number of benzene rings is 1. The van der Waals surface area contributed by atoms with Gasteiger partial charge in [0.1, 0.15) is 11.9 Å². The molecule has 26 heavy (non-hydrogen) atoms. The molecule has 2 heterocycles. The van der Waals surface area contributed by atoms with Crippen LogP contribution in [0.15, 0.2) is 28.7 Å². The summed E-state index contributed by atoms with van der Waals surface area (Å²) in [5.41, 5.74) is 6.70. The molecule has 0 bridgehead atoms. The van der Waals surface area contributed by atoms with Gasteiger partial charge in [-0.25, -0.2) is 9.37 Å². The van der Waals surface area contributed by atoms with Crippen molar-refractivity contribution >= 4 is 11.8 Å². The molecule has 1 saturated carbocycles. The molecule has 7 heteroatoms. The number of primary amides is 1. The lowest BCUT2D eigenvalue weighted by molar-refractivity contribution is -0.122. The van der Waals surface area contributed by atoms with Gasteiger partial charge in [0.05, 0.1) is 0 Å². The Morgan fingerprint density at radius 1 is 1.27 bits per heavy atom. The minimum Gasteiger partial charge on any atom is -0.423 e. The van der Waals surface area contributed by atoms with Crippen LogP contribution in [0.4, 0.5) is 10.3 Å². The highest BCUT2D eigenvalue weighted by Gasteiger charge is 2.44. The molecular formula is C19H19FN4O2. The number of carbonyl (C=O) groups is 1. The van der Waals surface area contributed by atoms with Crippen LogP contribution < -0.4 is 10.6 Å². The second kappa shape index (κ2) is 6.45. The molecule has 134 valence electrons. The summed E-state index contributed by atoms with van der Waals surface area (Å²) in [5, 5.41) is 9.40. The van der Waals surface area contributed by atoms with Gasteiger partial charge in [0.15, 0.2) is 0 Å². The molecule has 0 radical (unpaired) electrons. The predicted octanol–water partition coefficient (Wildman–Crippen LogP) is 2.66. The molecular weight excluding hydrogens is 335 g/mol. The van der Waals surface area contributed by atoms with Gasteiger partial charge >= 0.3 is 0 Å². The van der Waals surface area contributed by atoms with Gasteiger partial charge in [-0.3, -0.25) is 4.79 Å². The topological polar surface area (TPSA) is 96.2 Å². The molecule has 1 saturated heterocycles. The minimum absolute atomic E-state index is 0.115. The zero-order valence-electron chi connectivity index (χ0n) is 14.2. The largest absolute Gasteiger partial charge is 0.423 e. The maximum atomic E-state index is 13.1. The Hall–Kier alpha value is -2.88. The van der Waals surface area contributed by atoms with E-state index in [0.29, 0.717) is 37.7 Å². The lowest BCUT2D eigenvalue weighted by Crippen LogP contribution is -2.38. The first-order valence-electron chi connectivity index (χ1n) is 8.77. The van der Waals surface area contributed by atoms with E-state index < -0.39 is 0 Å². The van der Waals surface area contributed by atoms with Crippen molar-refractivity contribution < 1.29 is 13.6 Å². The van der Waals surface area contributed by atoms with E-state index in [1.165, 1.54) is 12.1 Å². The minimum atomic E-state index is -0.275. The van der Waals surface area contributed by atoms with Gasteiger partial charge in [0.2, 0.25) is 23.4 Å². The Morgan fingerprint density at radius 2 is 1.96 bits per heavy atom. The number of piperidine rings is 1. The molecule has 1 aliphatic carbocycles. The molecule has 1 amide bonds. The molecule has 2 atom stereocenters. The van der Waals surface area contributed by atoms with Crippen LogP contribution in [0.3, 0.4) is 0 Å². The van der Waals surface area contributed by atoms with Crippen LogP contribution in [0, 0.1) is 23.1 Å². The van der Waals surface area contributed by atoms with Crippen molar-refractivity contribution in [3.05, 3.63) is 47.2 Å². The molecule has 2 aromatic rings. The highest BCUT2D eigenvalue weighted by molar-refractivity contribution is 5.77. The molecule has 1 aromatic heterocycles. The molecule has 2 fully saturated rings. The third-order valence-corrected chi connectivity index (χ3v) is 5.32. The number of nitrogens with two attached hydrogens (primary N) is 1. The van der Waals surface area contributed by atoms with Gasteiger partial charge in [0, 0.05) is 24.9 Å². The molecule has 0 spiro atoms. The van der Waals surface area contributed by atoms with Gasteiger partial charge in [0.25, 0.3) is 0 Å². The maximum Gasteiger partial charge on any atom is 0.234 e. The molecule has 2 N–H and O–H groups in total. The van der Waals surface area contributed by atoms with Gasteiger partial charge in [-0.15, -0.1) is 0 Å². The Kier molecular flexibility index (Phi) is 4.11. The average Bonchev–Trinajstić information content (AvgIpc) is 3.33. The third kappa shape index (κ3) is 3.03. The maximum absolute atomic E-state index is 13.1. The van der Waals surface area contributed by atoms with E-state index in [-0.39, 0.29) is 35.2 Å². The van der Waals surface area contributed by atoms with Crippen LogP contribution in [0.25, 0.3) is 0 Å². The lowest BCUT2D eigenvalue weighted by atomic mass is 9.96. The first-order valence-corrected chi connectivity index (χ1v) is 8.77. The summed E-state index contributed by atoms with van der Waals surface area (Å²) in [6, 6.07) is 8.57. The number of halogens is 1. The second-order valence-corrected chi connectivity index (χ2v) is 6.98. The highest BCUT2D eigenvalue weighted by atomic mass is 19.1. The first-order chi connectivity index (χ1) is 12.6. The number of nitrogens with zero attached hydrogens (tertiary/aromatic N) is 3. The zero-order valence-corrected chi connectivity index (χ0v) is 14.2. The van der Waals surface area contributed by atoms with Crippen LogP contribution in [0.1, 0.15) is 48.2 Å². The Morgan fingerprint density at radius 3 is 2.58 bits per heavy atom. The molecule has 1 aromatic carbocycles. The molecule has 6 nitrogen and oxygen atoms in total. The van der Waals surface area contributed by atoms with Crippen LogP contribution in [-0.4, -0.2) is 24.0 Å². The number of oxazole rings is 1. The smallest absolute Gasteiger partial charge is 0.234 e. The van der Waals surface area contributed by atoms with Crippen molar-refractivity contribution in [3.8, 4) is 6.07 Å². The van der Waals surface area contributed by atoms with Gasteiger partial charge in [-0.05, 0) is 42.9 Å². The molecule has 2 unspecified atom stereocenters. The Labute approximate surface area is 150 Å². The number of hydrogen-bond acceptors (Lipinski definition) is 5. The predicted molar refractivity (Wildman–Crippen MR) is 91.8 cm³/mol. The average molecular weight is 354 g/mol. The first kappa shape index (κ1) is 16.6. The van der Waals surface area contributed by atoms with Gasteiger partial charge < -0.3 is 15.1 Å². The van der Waals surface area contributed by atoms with Gasteiger partial charge in [-0.1, -0.05) is 12.1 Å². The second-order valence-electron chi connectivity index (χ2n) is 6.98. The lowest BCUT2D eigenvalue weighted by Gasteiger charge is -2.30. The van der Waals surface area contributed by atoms with Gasteiger partial charge in [-0.2, -0.15) is 5.26 Å². The van der Waals surface area contributed by atoms with Crippen molar-refractivity contribution in [1.82, 2.24) is 4.98 Å². The van der Waals surface area contributed by atoms with Crippen molar-refractivity contribution in [2.45, 2.75) is 31.1 Å². The standard InChI is InChI=1S/C19H19FN4O2/c20-13-3-1-11(2-4-13)14-9-15(14)18-23-16(10-21)19(26-18)24-7-5-12(6-8-24)17(22)25/h1-4,12,14-15H,5-9H2,(H2,22,25). The summed E-state index contributed by atoms with van der Waals surface area (Å²) in [6.45, 7) is 1.23. The Balaban J connectivity index is 1.49. The third-order valence-electron chi connectivity index (χ3n) is 5.32. The highest BCUT2D eigenvalue weighted by Crippen LogP contribution is 2.55. The summed E-state index contributed by atoms with van der Waals surface area (Å²) in [4.78, 5) is 17.6. The fourth-order valence-corrected chi connectivity index (χ4v) is 3.69. The number of nitriles is 1. The monoisotopic (exact) mass is 354 g/mol. The normalized spacial score (nSPS) is 22.8. The van der Waals surface area contributed by atoms with Crippen LogP contribution >= 0.6 is 0 Å². The number of amides is 1. The van der Waals surface area contributed by atoms with E-state index in [0.717, 1.165) is 12.0 Å². The molecule has 1 aliphatic heterocycles. The van der Waals surface area contributed by atoms with Crippen molar-refractivity contribution in [2.24, 2.45) is 11.7 Å². The quantitative estimate of drug-likeness (QED) is 0.910. The molecule has 4 rings (SSSR count). The summed E-state index contributed by atoms with van der Waals surface area (Å²) < 4.78 is 19.0. The number of aromatic nitrogens is 1. The van der Waals surface area contributed by atoms with Crippen molar-refractivity contribution in [2.75, 3.05) is 18.0 Å². The van der Waals surface area contributed by atoms with Crippen molar-refractivity contribution in [3.63, 3.8) is 0 Å². The summed E-state index contributed by atoms with van der Waals surface area (Å²) in [6.07, 6.45) is 2.18. The summed E-state index contributed by atoms with van der Waals surface area (Å²) >= 11 is 0. The van der Waals surface area contributed by atoms with E-state index >= 15 is 0 Å². The fraction of sp³-hybridized carbons (Fsp3) is 0.421. The summed E-state index contributed by atoms with van der Waals surface area (Å²) in [5.74, 6) is 0.751. The molecule has 2 aliphatic rings. The van der Waals surface area contributed by atoms with E-state index in [1.807, 2.05) is 4.90 Å². The number of anilines is 1. The summed E-state index contributed by atoms with van der Waals surface area (Å²) in [7, 11) is 0. The van der Waals surface area contributed by atoms with Crippen LogP contribution in [-0.2, 0) is 4.79 Å². The van der Waals surface area contributed by atoms with E-state index in [4.69, 9.17) is 10.2 Å². The van der Waals surface area contributed by atoms with E-state index in [1.54, 1.807) is 12.1 Å². The fourth-order valence-electron chi connectivity index (χ4n) is 3.69. The Bertz CT molecular complexity index is 863. The van der Waals surface area contributed by atoms with Crippen LogP contribution in [0.2, 0.25) is 0 Å². The van der Waals surface area contributed by atoms with E-state index in [9.17, 15) is 14.4 Å². The van der Waals surface area contributed by atoms with Crippen molar-refractivity contribution in [1.29, 1.82) is 5.26 Å². The van der Waals surface area contributed by atoms with E-state index in [2.05, 4.69) is 11.1 Å². The number of rotatable bonds is 4. The SMILES string of the molecule is N#Cc1nc(C2CC2c2ccc(F)cc2)oc1N1CCC(C(N)=O)CC1. The zero-order chi connectivity index (χ0) is 18.3. The number of carbonyl (C=O) groups excluding carboxylic acids is 1.